The van der Waals surface area contributed by atoms with Gasteiger partial charge < -0.3 is 9.47 Å². The molecule has 0 unspecified atom stereocenters. The summed E-state index contributed by atoms with van der Waals surface area (Å²) in [7, 11) is 0. The van der Waals surface area contributed by atoms with Gasteiger partial charge in [-0.05, 0) is 70.9 Å². The smallest absolute Gasteiger partial charge is 0.344 e. The summed E-state index contributed by atoms with van der Waals surface area (Å²) in [5.41, 5.74) is 1.94. The van der Waals surface area contributed by atoms with E-state index in [1.165, 1.54) is 4.90 Å². The number of fused-ring (bicyclic) bond motifs is 1. The summed E-state index contributed by atoms with van der Waals surface area (Å²) < 4.78 is 12.3. The van der Waals surface area contributed by atoms with Crippen molar-refractivity contribution in [3.63, 3.8) is 0 Å². The standard InChI is InChI=1S/C30H22BrNO5S/c1-2-36-26-16-19(17-27-28(33)32(30(35)38-27)18-21-9-4-6-13-24(21)31)14-15-25(26)37-29(34)23-12-7-10-20-8-3-5-11-22(20)23/h3-17H,2,18H2,1H3/b27-17-. The van der Waals surface area contributed by atoms with Crippen molar-refractivity contribution in [3.05, 3.63) is 111 Å². The number of benzene rings is 4. The van der Waals surface area contributed by atoms with Crippen LogP contribution in [0.3, 0.4) is 0 Å². The summed E-state index contributed by atoms with van der Waals surface area (Å²) in [5, 5.41) is 1.41. The van der Waals surface area contributed by atoms with Gasteiger partial charge in [0, 0.05) is 4.47 Å². The Morgan fingerprint density at radius 2 is 1.71 bits per heavy atom. The summed E-state index contributed by atoms with van der Waals surface area (Å²) in [4.78, 5) is 40.2. The van der Waals surface area contributed by atoms with E-state index in [0.717, 1.165) is 32.6 Å². The quantitative estimate of drug-likeness (QED) is 0.127. The van der Waals surface area contributed by atoms with Crippen LogP contribution in [0, 0.1) is 0 Å². The molecule has 0 radical (unpaired) electrons. The molecule has 0 atom stereocenters. The maximum atomic E-state index is 13.1. The van der Waals surface area contributed by atoms with Gasteiger partial charge in [0.05, 0.1) is 23.6 Å². The van der Waals surface area contributed by atoms with E-state index in [0.29, 0.717) is 28.4 Å². The minimum atomic E-state index is -0.497. The summed E-state index contributed by atoms with van der Waals surface area (Å²) in [6.45, 7) is 2.36. The number of nitrogens with zero attached hydrogens (tertiary/aromatic N) is 1. The first-order chi connectivity index (χ1) is 18.4. The lowest BCUT2D eigenvalue weighted by Gasteiger charge is -2.13. The average Bonchev–Trinajstić information content (AvgIpc) is 3.18. The van der Waals surface area contributed by atoms with E-state index in [1.807, 2.05) is 67.6 Å². The fourth-order valence-corrected chi connectivity index (χ4v) is 5.36. The third-order valence-electron chi connectivity index (χ3n) is 5.94. The average molecular weight is 588 g/mol. The molecule has 1 fully saturated rings. The molecule has 0 aromatic heterocycles. The zero-order chi connectivity index (χ0) is 26.6. The van der Waals surface area contributed by atoms with Crippen LogP contribution >= 0.6 is 27.7 Å². The van der Waals surface area contributed by atoms with Crippen LogP contribution in [0.25, 0.3) is 16.8 Å². The van der Waals surface area contributed by atoms with Crippen LogP contribution in [0.15, 0.2) is 94.3 Å². The second kappa shape index (κ2) is 11.2. The van der Waals surface area contributed by atoms with Crippen LogP contribution in [0.4, 0.5) is 4.79 Å². The zero-order valence-corrected chi connectivity index (χ0v) is 22.8. The lowest BCUT2D eigenvalue weighted by atomic mass is 10.0. The van der Waals surface area contributed by atoms with Gasteiger partial charge in [0.25, 0.3) is 11.1 Å². The number of carbonyl (C=O) groups excluding carboxylic acids is 3. The summed E-state index contributed by atoms with van der Waals surface area (Å²) in [6.07, 6.45) is 1.64. The molecular weight excluding hydrogens is 566 g/mol. The largest absolute Gasteiger partial charge is 0.490 e. The Bertz CT molecular complexity index is 1590. The molecule has 2 amide bonds. The second-order valence-corrected chi connectivity index (χ2v) is 10.3. The number of esters is 1. The third-order valence-corrected chi connectivity index (χ3v) is 7.62. The molecule has 0 bridgehead atoms. The van der Waals surface area contributed by atoms with Crippen molar-refractivity contribution in [1.29, 1.82) is 0 Å². The Labute approximate surface area is 232 Å². The van der Waals surface area contributed by atoms with Gasteiger partial charge in [-0.3, -0.25) is 14.5 Å². The predicted octanol–water partition coefficient (Wildman–Crippen LogP) is 7.46. The molecule has 1 heterocycles. The molecule has 1 aliphatic rings. The van der Waals surface area contributed by atoms with Crippen molar-refractivity contribution in [2.24, 2.45) is 0 Å². The highest BCUT2D eigenvalue weighted by molar-refractivity contribution is 9.10. The lowest BCUT2D eigenvalue weighted by molar-refractivity contribution is -0.123. The van der Waals surface area contributed by atoms with E-state index in [9.17, 15) is 14.4 Å². The Kier molecular flexibility index (Phi) is 7.62. The normalized spacial score (nSPS) is 14.4. The lowest BCUT2D eigenvalue weighted by Crippen LogP contribution is -2.27. The molecule has 4 aromatic rings. The first-order valence-corrected chi connectivity index (χ1v) is 13.5. The molecule has 6 nitrogen and oxygen atoms in total. The highest BCUT2D eigenvalue weighted by Gasteiger charge is 2.35. The Morgan fingerprint density at radius 1 is 0.947 bits per heavy atom. The number of carbonyl (C=O) groups is 3. The topological polar surface area (TPSA) is 72.9 Å². The monoisotopic (exact) mass is 587 g/mol. The zero-order valence-electron chi connectivity index (χ0n) is 20.3. The SMILES string of the molecule is CCOc1cc(/C=C2\SC(=O)N(Cc3ccccc3Br)C2=O)ccc1OC(=O)c1cccc2ccccc12. The Morgan fingerprint density at radius 3 is 2.53 bits per heavy atom. The maximum absolute atomic E-state index is 13.1. The predicted molar refractivity (Wildman–Crippen MR) is 152 cm³/mol. The van der Waals surface area contributed by atoms with E-state index in [4.69, 9.17) is 9.47 Å². The number of halogens is 1. The van der Waals surface area contributed by atoms with Crippen LogP contribution in [0.2, 0.25) is 0 Å². The molecule has 1 aliphatic heterocycles. The first kappa shape index (κ1) is 25.8. The van der Waals surface area contributed by atoms with E-state index >= 15 is 0 Å². The number of hydrogen-bond acceptors (Lipinski definition) is 6. The third kappa shape index (κ3) is 5.37. The van der Waals surface area contributed by atoms with Crippen molar-refractivity contribution in [3.8, 4) is 11.5 Å². The van der Waals surface area contributed by atoms with E-state index < -0.39 is 5.97 Å². The molecule has 0 spiro atoms. The number of amides is 2. The summed E-state index contributed by atoms with van der Waals surface area (Å²) in [6, 6.07) is 25.6. The van der Waals surface area contributed by atoms with Crippen molar-refractivity contribution in [1.82, 2.24) is 4.90 Å². The number of thioether (sulfide) groups is 1. The van der Waals surface area contributed by atoms with E-state index in [1.54, 1.807) is 30.3 Å². The highest BCUT2D eigenvalue weighted by atomic mass is 79.9. The van der Waals surface area contributed by atoms with Gasteiger partial charge in [-0.2, -0.15) is 0 Å². The van der Waals surface area contributed by atoms with Gasteiger partial charge in [-0.15, -0.1) is 0 Å². The molecular formula is C30H22BrNO5S. The number of rotatable bonds is 7. The van der Waals surface area contributed by atoms with Crippen molar-refractivity contribution >= 4 is 61.7 Å². The molecule has 0 aliphatic carbocycles. The van der Waals surface area contributed by atoms with Crippen LogP contribution in [0.1, 0.15) is 28.4 Å². The summed E-state index contributed by atoms with van der Waals surface area (Å²) >= 11 is 4.36. The summed E-state index contributed by atoms with van der Waals surface area (Å²) in [5.74, 6) is -0.227. The molecule has 0 N–H and O–H groups in total. The molecule has 0 saturated carbocycles. The van der Waals surface area contributed by atoms with E-state index in [2.05, 4.69) is 15.9 Å². The van der Waals surface area contributed by atoms with Crippen LogP contribution in [-0.4, -0.2) is 28.6 Å². The highest BCUT2D eigenvalue weighted by Crippen LogP contribution is 2.36. The maximum Gasteiger partial charge on any atom is 0.344 e. The van der Waals surface area contributed by atoms with Crippen LogP contribution < -0.4 is 9.47 Å². The number of ether oxygens (including phenoxy) is 2. The molecule has 4 aromatic carbocycles. The Hall–Kier alpha value is -3.88. The van der Waals surface area contributed by atoms with Crippen LogP contribution in [0.5, 0.6) is 11.5 Å². The number of hydrogen-bond donors (Lipinski definition) is 0. The van der Waals surface area contributed by atoms with Crippen molar-refractivity contribution in [2.75, 3.05) is 6.61 Å². The molecule has 8 heteroatoms. The molecule has 5 rings (SSSR count). The second-order valence-electron chi connectivity index (χ2n) is 8.41. The van der Waals surface area contributed by atoms with Gasteiger partial charge in [-0.1, -0.05) is 76.6 Å². The van der Waals surface area contributed by atoms with Gasteiger partial charge in [0.2, 0.25) is 0 Å². The van der Waals surface area contributed by atoms with Gasteiger partial charge in [-0.25, -0.2) is 4.79 Å². The van der Waals surface area contributed by atoms with Gasteiger partial charge in [0.15, 0.2) is 11.5 Å². The first-order valence-electron chi connectivity index (χ1n) is 11.9. The fraction of sp³-hybridized carbons (Fsp3) is 0.100. The molecule has 190 valence electrons. The fourth-order valence-electron chi connectivity index (χ4n) is 4.11. The van der Waals surface area contributed by atoms with Gasteiger partial charge >= 0.3 is 5.97 Å². The van der Waals surface area contributed by atoms with Crippen LogP contribution in [-0.2, 0) is 11.3 Å². The van der Waals surface area contributed by atoms with Gasteiger partial charge in [0.1, 0.15) is 0 Å². The van der Waals surface area contributed by atoms with Crippen molar-refractivity contribution in [2.45, 2.75) is 13.5 Å². The van der Waals surface area contributed by atoms with E-state index in [-0.39, 0.29) is 23.4 Å². The molecule has 38 heavy (non-hydrogen) atoms. The van der Waals surface area contributed by atoms with Crippen molar-refractivity contribution < 1.29 is 23.9 Å². The Balaban J connectivity index is 1.38. The molecule has 1 saturated heterocycles. The minimum absolute atomic E-state index is 0.177. The number of imide groups is 1. The minimum Gasteiger partial charge on any atom is -0.490 e.